The molecule has 30 heavy (non-hydrogen) atoms. The van der Waals surface area contributed by atoms with Crippen LogP contribution >= 0.6 is 0 Å². The summed E-state index contributed by atoms with van der Waals surface area (Å²) in [6.07, 6.45) is 4.56. The van der Waals surface area contributed by atoms with Crippen LogP contribution in [0.3, 0.4) is 0 Å². The molecule has 1 N–H and O–H groups in total. The smallest absolute Gasteiger partial charge is 0.255 e. The maximum Gasteiger partial charge on any atom is 0.255 e. The van der Waals surface area contributed by atoms with Gasteiger partial charge in [0, 0.05) is 48.1 Å². The molecule has 6 nitrogen and oxygen atoms in total. The average molecular weight is 405 g/mol. The second-order valence-electron chi connectivity index (χ2n) is 8.57. The third kappa shape index (κ3) is 2.89. The first kappa shape index (κ1) is 19.1. The van der Waals surface area contributed by atoms with E-state index in [1.54, 1.807) is 13.3 Å². The number of ether oxygens (including phenoxy) is 1. The Labute approximate surface area is 176 Å². The van der Waals surface area contributed by atoms with Crippen molar-refractivity contribution >= 4 is 16.8 Å². The molecule has 2 aliphatic heterocycles. The van der Waals surface area contributed by atoms with E-state index in [0.29, 0.717) is 5.56 Å². The lowest BCUT2D eigenvalue weighted by Gasteiger charge is -2.49. The molecule has 3 aromatic rings. The van der Waals surface area contributed by atoms with Gasteiger partial charge >= 0.3 is 0 Å². The highest BCUT2D eigenvalue weighted by Crippen LogP contribution is 2.45. The zero-order valence-corrected chi connectivity index (χ0v) is 17.9. The highest BCUT2D eigenvalue weighted by atomic mass is 16.5. The van der Waals surface area contributed by atoms with Crippen molar-refractivity contribution in [1.29, 1.82) is 0 Å². The molecule has 1 saturated heterocycles. The van der Waals surface area contributed by atoms with Gasteiger partial charge in [-0.3, -0.25) is 14.7 Å². The summed E-state index contributed by atoms with van der Waals surface area (Å²) in [6, 6.07) is 10.1. The van der Waals surface area contributed by atoms with Crippen LogP contribution in [0.25, 0.3) is 10.9 Å². The zero-order chi connectivity index (χ0) is 20.9. The molecule has 0 saturated carbocycles. The Kier molecular flexibility index (Phi) is 4.54. The number of piperidine rings is 1. The van der Waals surface area contributed by atoms with E-state index in [1.165, 1.54) is 22.2 Å². The van der Waals surface area contributed by atoms with Crippen molar-refractivity contribution in [2.24, 2.45) is 0 Å². The number of aromatic nitrogens is 2. The third-order valence-corrected chi connectivity index (χ3v) is 7.04. The number of carbonyl (C=O) groups is 1. The fourth-order valence-corrected chi connectivity index (χ4v) is 5.18. The molecule has 0 aliphatic carbocycles. The molecule has 1 fully saturated rings. The number of nitrogens with one attached hydrogen (secondary N) is 1. The molecule has 156 valence electrons. The number of H-pyrrole nitrogens is 1. The molecule has 0 atom stereocenters. The molecule has 4 heterocycles. The lowest BCUT2D eigenvalue weighted by Crippen LogP contribution is -2.55. The fraction of sp³-hybridized carbons (Fsp3) is 0.417. The van der Waals surface area contributed by atoms with Crippen molar-refractivity contribution in [2.45, 2.75) is 31.7 Å². The van der Waals surface area contributed by atoms with E-state index in [9.17, 15) is 4.79 Å². The number of aromatic amines is 1. The Morgan fingerprint density at radius 3 is 2.67 bits per heavy atom. The van der Waals surface area contributed by atoms with Crippen molar-refractivity contribution in [3.05, 3.63) is 59.0 Å². The molecule has 2 aromatic heterocycles. The quantitative estimate of drug-likeness (QED) is 0.710. The van der Waals surface area contributed by atoms with E-state index < -0.39 is 0 Å². The largest absolute Gasteiger partial charge is 0.497 e. The number of benzene rings is 1. The summed E-state index contributed by atoms with van der Waals surface area (Å²) in [4.78, 5) is 25.4. The predicted molar refractivity (Wildman–Crippen MR) is 117 cm³/mol. The Hall–Kier alpha value is -2.86. The summed E-state index contributed by atoms with van der Waals surface area (Å²) < 4.78 is 5.46. The van der Waals surface area contributed by atoms with E-state index in [0.717, 1.165) is 50.3 Å². The van der Waals surface area contributed by atoms with E-state index in [1.807, 2.05) is 30.0 Å². The number of nitrogens with zero attached hydrogens (tertiary/aromatic N) is 3. The number of aryl methyl sites for hydroxylation is 1. The molecule has 2 aliphatic rings. The van der Waals surface area contributed by atoms with Gasteiger partial charge in [0.05, 0.1) is 18.2 Å². The highest BCUT2D eigenvalue weighted by Gasteiger charge is 2.45. The minimum Gasteiger partial charge on any atom is -0.497 e. The number of hydrogen-bond donors (Lipinski definition) is 1. The Balaban J connectivity index is 1.45. The molecule has 0 radical (unpaired) electrons. The minimum absolute atomic E-state index is 0.0534. The summed E-state index contributed by atoms with van der Waals surface area (Å²) in [5, 5.41) is 1.26. The van der Waals surface area contributed by atoms with Gasteiger partial charge < -0.3 is 14.6 Å². The number of pyridine rings is 1. The normalized spacial score (nSPS) is 18.6. The fourth-order valence-electron chi connectivity index (χ4n) is 5.18. The summed E-state index contributed by atoms with van der Waals surface area (Å²) in [6.45, 7) is 4.45. The topological polar surface area (TPSA) is 61.5 Å². The van der Waals surface area contributed by atoms with E-state index in [2.05, 4.69) is 34.0 Å². The number of carbonyl (C=O) groups excluding carboxylic acids is 1. The Morgan fingerprint density at radius 2 is 1.97 bits per heavy atom. The molecule has 0 bridgehead atoms. The first-order valence-corrected chi connectivity index (χ1v) is 10.6. The van der Waals surface area contributed by atoms with Gasteiger partial charge in [0.15, 0.2) is 0 Å². The summed E-state index contributed by atoms with van der Waals surface area (Å²) in [5.74, 6) is 0.974. The number of hydrogen-bond acceptors (Lipinski definition) is 4. The summed E-state index contributed by atoms with van der Waals surface area (Å²) in [7, 11) is 3.93. The molecule has 0 unspecified atom stereocenters. The lowest BCUT2D eigenvalue weighted by atomic mass is 9.77. The molecule has 5 rings (SSSR count). The van der Waals surface area contributed by atoms with Crippen LogP contribution in [0, 0.1) is 6.92 Å². The average Bonchev–Trinajstić information content (AvgIpc) is 3.16. The lowest BCUT2D eigenvalue weighted by molar-refractivity contribution is 0.0231. The van der Waals surface area contributed by atoms with Crippen molar-refractivity contribution in [1.82, 2.24) is 19.8 Å². The standard InChI is InChI=1S/C24H28N4O2/c1-16-4-5-17(15-25-16)23(29)28-12-9-24(10-13-28)22-19(8-11-27(24)2)20-14-18(30-3)6-7-21(20)26-22/h4-7,14-15,26H,8-13H2,1-3H3. The van der Waals surface area contributed by atoms with Gasteiger partial charge in [-0.2, -0.15) is 0 Å². The summed E-state index contributed by atoms with van der Waals surface area (Å²) >= 11 is 0. The van der Waals surface area contributed by atoms with Crippen molar-refractivity contribution < 1.29 is 9.53 Å². The second-order valence-corrected chi connectivity index (χ2v) is 8.57. The monoisotopic (exact) mass is 404 g/mol. The van der Waals surface area contributed by atoms with Crippen LogP contribution in [0.4, 0.5) is 0 Å². The molecular weight excluding hydrogens is 376 g/mol. The minimum atomic E-state index is -0.0534. The van der Waals surface area contributed by atoms with Crippen LogP contribution in [0.15, 0.2) is 36.5 Å². The van der Waals surface area contributed by atoms with Crippen LogP contribution in [-0.4, -0.2) is 59.5 Å². The van der Waals surface area contributed by atoms with Crippen LogP contribution in [0.1, 0.15) is 40.2 Å². The van der Waals surface area contributed by atoms with Crippen molar-refractivity contribution in [3.8, 4) is 5.75 Å². The first-order chi connectivity index (χ1) is 14.5. The van der Waals surface area contributed by atoms with Gasteiger partial charge in [0.1, 0.15) is 5.75 Å². The predicted octanol–water partition coefficient (Wildman–Crippen LogP) is 3.50. The number of fused-ring (bicyclic) bond motifs is 4. The van der Waals surface area contributed by atoms with Crippen LogP contribution < -0.4 is 4.74 Å². The van der Waals surface area contributed by atoms with Gasteiger partial charge in [0.2, 0.25) is 0 Å². The third-order valence-electron chi connectivity index (χ3n) is 7.04. The maximum atomic E-state index is 13.0. The number of likely N-dealkylation sites (tertiary alicyclic amines) is 1. The molecule has 1 amide bonds. The SMILES string of the molecule is COc1ccc2[nH]c3c(c2c1)CCN(C)C31CCN(C(=O)c2ccc(C)nc2)CC1. The van der Waals surface area contributed by atoms with E-state index in [-0.39, 0.29) is 11.4 Å². The number of methoxy groups -OCH3 is 1. The Bertz CT molecular complexity index is 1090. The molecular formula is C24H28N4O2. The van der Waals surface area contributed by atoms with Crippen LogP contribution in [0.2, 0.25) is 0 Å². The molecule has 1 aromatic carbocycles. The van der Waals surface area contributed by atoms with Crippen LogP contribution in [0.5, 0.6) is 5.75 Å². The zero-order valence-electron chi connectivity index (χ0n) is 17.9. The first-order valence-electron chi connectivity index (χ1n) is 10.6. The van der Waals surface area contributed by atoms with Gasteiger partial charge in [0.25, 0.3) is 5.91 Å². The van der Waals surface area contributed by atoms with Gasteiger partial charge in [-0.25, -0.2) is 0 Å². The Morgan fingerprint density at radius 1 is 1.17 bits per heavy atom. The van der Waals surface area contributed by atoms with Gasteiger partial charge in [-0.15, -0.1) is 0 Å². The number of rotatable bonds is 2. The number of amides is 1. The van der Waals surface area contributed by atoms with E-state index >= 15 is 0 Å². The van der Waals surface area contributed by atoms with Gasteiger partial charge in [-0.1, -0.05) is 0 Å². The number of likely N-dealkylation sites (N-methyl/N-ethyl adjacent to an activating group) is 1. The molecule has 1 spiro atoms. The van der Waals surface area contributed by atoms with E-state index in [4.69, 9.17) is 4.74 Å². The van der Waals surface area contributed by atoms with Gasteiger partial charge in [-0.05, 0) is 69.1 Å². The van der Waals surface area contributed by atoms with Crippen molar-refractivity contribution in [2.75, 3.05) is 33.8 Å². The maximum absolute atomic E-state index is 13.0. The second kappa shape index (κ2) is 7.13. The molecule has 6 heteroatoms. The highest BCUT2D eigenvalue weighted by molar-refractivity contribution is 5.94. The van der Waals surface area contributed by atoms with Crippen LogP contribution in [-0.2, 0) is 12.0 Å². The summed E-state index contributed by atoms with van der Waals surface area (Å²) in [5.41, 5.74) is 5.44. The van der Waals surface area contributed by atoms with Crippen molar-refractivity contribution in [3.63, 3.8) is 0 Å².